The summed E-state index contributed by atoms with van der Waals surface area (Å²) in [5, 5.41) is 15.6. The summed E-state index contributed by atoms with van der Waals surface area (Å²) in [4.78, 5) is 13.9. The molecule has 150 valence electrons. The number of carboxylic acids is 1. The number of aromatic nitrogens is 2. The van der Waals surface area contributed by atoms with E-state index in [9.17, 15) is 13.2 Å². The Morgan fingerprint density at radius 2 is 2.00 bits per heavy atom. The van der Waals surface area contributed by atoms with Crippen LogP contribution in [0.5, 0.6) is 0 Å². The normalized spacial score (nSPS) is 25.6. The van der Waals surface area contributed by atoms with Crippen LogP contribution >= 0.6 is 0 Å². The lowest BCUT2D eigenvalue weighted by Gasteiger charge is -2.36. The van der Waals surface area contributed by atoms with E-state index >= 15 is 0 Å². The van der Waals surface area contributed by atoms with E-state index in [1.165, 1.54) is 19.4 Å². The highest BCUT2D eigenvalue weighted by Gasteiger charge is 2.42. The maximum absolute atomic E-state index is 10.6. The van der Waals surface area contributed by atoms with Gasteiger partial charge in [-0.3, -0.25) is 4.90 Å². The molecule has 2 aliphatic heterocycles. The molecule has 0 amide bonds. The van der Waals surface area contributed by atoms with E-state index in [-0.39, 0.29) is 0 Å². The monoisotopic (exact) mass is 388 g/mol. The molecule has 2 saturated heterocycles. The first-order chi connectivity index (χ1) is 12.7. The van der Waals surface area contributed by atoms with Crippen LogP contribution in [0.1, 0.15) is 18.5 Å². The smallest absolute Gasteiger partial charge is 0.475 e. The van der Waals surface area contributed by atoms with Crippen molar-refractivity contribution in [3.05, 3.63) is 17.8 Å². The van der Waals surface area contributed by atoms with Gasteiger partial charge in [0.2, 0.25) is 0 Å². The molecule has 1 saturated carbocycles. The Morgan fingerprint density at radius 3 is 2.56 bits per heavy atom. The van der Waals surface area contributed by atoms with Crippen LogP contribution in [0.15, 0.2) is 12.1 Å². The summed E-state index contributed by atoms with van der Waals surface area (Å²) in [7, 11) is 0. The number of ether oxygens (including phenoxy) is 1. The number of anilines is 1. The van der Waals surface area contributed by atoms with Crippen LogP contribution in [0, 0.1) is 12.8 Å². The number of aryl methyl sites for hydroxylation is 1. The van der Waals surface area contributed by atoms with E-state index in [4.69, 9.17) is 14.6 Å². The third-order valence-corrected chi connectivity index (χ3v) is 4.96. The Bertz CT molecular complexity index is 652. The second-order valence-corrected chi connectivity index (χ2v) is 7.16. The lowest BCUT2D eigenvalue weighted by Crippen LogP contribution is -2.51. The molecule has 3 fully saturated rings. The van der Waals surface area contributed by atoms with Crippen LogP contribution < -0.4 is 4.90 Å². The van der Waals surface area contributed by atoms with Gasteiger partial charge < -0.3 is 14.7 Å². The number of alkyl halides is 3. The van der Waals surface area contributed by atoms with Gasteiger partial charge in [0.25, 0.3) is 0 Å². The summed E-state index contributed by atoms with van der Waals surface area (Å²) < 4.78 is 37.7. The van der Waals surface area contributed by atoms with Gasteiger partial charge in [0.05, 0.1) is 24.4 Å². The summed E-state index contributed by atoms with van der Waals surface area (Å²) in [5.74, 6) is -0.825. The molecule has 27 heavy (non-hydrogen) atoms. The van der Waals surface area contributed by atoms with Crippen LogP contribution in [0.25, 0.3) is 0 Å². The zero-order valence-electron chi connectivity index (χ0n) is 15.0. The van der Waals surface area contributed by atoms with E-state index in [0.717, 1.165) is 43.7 Å². The van der Waals surface area contributed by atoms with Gasteiger partial charge >= 0.3 is 12.1 Å². The van der Waals surface area contributed by atoms with E-state index in [2.05, 4.69) is 26.1 Å². The number of nitrogens with zero attached hydrogens (tertiary/aromatic N) is 4. The molecule has 0 aromatic carbocycles. The molecule has 1 aliphatic carbocycles. The van der Waals surface area contributed by atoms with Crippen LogP contribution in [-0.2, 0) is 9.53 Å². The van der Waals surface area contributed by atoms with Gasteiger partial charge in [-0.25, -0.2) is 4.79 Å². The van der Waals surface area contributed by atoms with Crippen molar-refractivity contribution >= 4 is 11.8 Å². The molecule has 0 bridgehead atoms. The number of rotatable bonds is 3. The largest absolute Gasteiger partial charge is 0.490 e. The summed E-state index contributed by atoms with van der Waals surface area (Å²) in [5.41, 5.74) is 0.969. The summed E-state index contributed by atoms with van der Waals surface area (Å²) >= 11 is 0. The molecule has 1 aromatic heterocycles. The predicted molar refractivity (Wildman–Crippen MR) is 90.5 cm³/mol. The van der Waals surface area contributed by atoms with Gasteiger partial charge in [-0.05, 0) is 37.8 Å². The van der Waals surface area contributed by atoms with E-state index in [0.29, 0.717) is 12.1 Å². The van der Waals surface area contributed by atoms with E-state index in [1.807, 2.05) is 13.0 Å². The second kappa shape index (κ2) is 7.97. The summed E-state index contributed by atoms with van der Waals surface area (Å²) in [6.45, 7) is 7.17. The molecule has 0 radical (unpaired) electrons. The van der Waals surface area contributed by atoms with Crippen LogP contribution in [0.4, 0.5) is 19.0 Å². The minimum absolute atomic E-state index is 0.339. The van der Waals surface area contributed by atoms with Crippen molar-refractivity contribution in [1.29, 1.82) is 0 Å². The molecule has 1 aromatic rings. The zero-order chi connectivity index (χ0) is 19.6. The summed E-state index contributed by atoms with van der Waals surface area (Å²) in [6.07, 6.45) is -1.91. The first-order valence-corrected chi connectivity index (χ1v) is 8.95. The van der Waals surface area contributed by atoms with Crippen molar-refractivity contribution in [2.45, 2.75) is 38.1 Å². The van der Waals surface area contributed by atoms with Gasteiger partial charge in [-0.2, -0.15) is 18.3 Å². The fourth-order valence-electron chi connectivity index (χ4n) is 3.36. The molecule has 2 atom stereocenters. The van der Waals surface area contributed by atoms with Gasteiger partial charge in [0, 0.05) is 26.2 Å². The number of halogens is 3. The SMILES string of the molecule is Cc1ccc(N2C[C@@H]3OCCN(CC4CC4)[C@@H]3C2)nn1.O=C(O)C(F)(F)F. The Balaban J connectivity index is 0.000000260. The molecule has 0 unspecified atom stereocenters. The van der Waals surface area contributed by atoms with E-state index < -0.39 is 12.1 Å². The molecular weight excluding hydrogens is 365 g/mol. The number of morpholine rings is 1. The Labute approximate surface area is 155 Å². The Kier molecular flexibility index (Phi) is 5.85. The average molecular weight is 388 g/mol. The zero-order valence-corrected chi connectivity index (χ0v) is 15.0. The van der Waals surface area contributed by atoms with Crippen molar-refractivity contribution in [2.75, 3.05) is 37.7 Å². The minimum atomic E-state index is -5.08. The number of carbonyl (C=O) groups is 1. The number of aliphatic carboxylic acids is 1. The first-order valence-electron chi connectivity index (χ1n) is 8.95. The minimum Gasteiger partial charge on any atom is -0.475 e. The predicted octanol–water partition coefficient (Wildman–Crippen LogP) is 1.72. The molecule has 0 spiro atoms. The topological polar surface area (TPSA) is 78.8 Å². The highest BCUT2D eigenvalue weighted by atomic mass is 19.4. The Hall–Kier alpha value is -1.94. The standard InChI is InChI=1S/C15H22N4O.C2HF3O2/c1-11-2-5-15(17-16-11)19-9-13-14(10-19)20-7-6-18(13)8-12-3-4-12;3-2(4,5)1(6)7/h2,5,12-14H,3-4,6-10H2,1H3;(H,6,7)/t13-,14+;/m1./s1. The van der Waals surface area contributed by atoms with Gasteiger partial charge in [0.1, 0.15) is 0 Å². The lowest BCUT2D eigenvalue weighted by atomic mass is 10.1. The fraction of sp³-hybridized carbons (Fsp3) is 0.706. The molecule has 10 heteroatoms. The number of fused-ring (bicyclic) bond motifs is 1. The third kappa shape index (κ3) is 5.29. The fourth-order valence-corrected chi connectivity index (χ4v) is 3.36. The highest BCUT2D eigenvalue weighted by molar-refractivity contribution is 5.73. The Morgan fingerprint density at radius 1 is 1.30 bits per heavy atom. The van der Waals surface area contributed by atoms with Crippen LogP contribution in [-0.4, -0.2) is 77.3 Å². The van der Waals surface area contributed by atoms with Crippen molar-refractivity contribution in [2.24, 2.45) is 5.92 Å². The van der Waals surface area contributed by atoms with Crippen molar-refractivity contribution in [1.82, 2.24) is 15.1 Å². The van der Waals surface area contributed by atoms with Crippen LogP contribution in [0.3, 0.4) is 0 Å². The quantitative estimate of drug-likeness (QED) is 0.845. The highest BCUT2D eigenvalue weighted by Crippen LogP contribution is 2.33. The van der Waals surface area contributed by atoms with Crippen LogP contribution in [0.2, 0.25) is 0 Å². The lowest BCUT2D eigenvalue weighted by molar-refractivity contribution is -0.192. The van der Waals surface area contributed by atoms with E-state index in [1.54, 1.807) is 0 Å². The number of hydrogen-bond acceptors (Lipinski definition) is 6. The van der Waals surface area contributed by atoms with Gasteiger partial charge in [-0.1, -0.05) is 0 Å². The van der Waals surface area contributed by atoms with Crippen molar-refractivity contribution in [3.63, 3.8) is 0 Å². The number of hydrogen-bond donors (Lipinski definition) is 1. The molecule has 1 N–H and O–H groups in total. The second-order valence-electron chi connectivity index (χ2n) is 7.16. The number of carboxylic acid groups (broad SMARTS) is 1. The molecule has 4 rings (SSSR count). The van der Waals surface area contributed by atoms with Crippen molar-refractivity contribution < 1.29 is 27.8 Å². The summed E-state index contributed by atoms with van der Waals surface area (Å²) in [6, 6.07) is 4.64. The molecule has 7 nitrogen and oxygen atoms in total. The molecule has 3 aliphatic rings. The maximum atomic E-state index is 10.6. The third-order valence-electron chi connectivity index (χ3n) is 4.96. The molecular formula is C17H23F3N4O3. The maximum Gasteiger partial charge on any atom is 0.490 e. The van der Waals surface area contributed by atoms with Crippen molar-refractivity contribution in [3.8, 4) is 0 Å². The van der Waals surface area contributed by atoms with Gasteiger partial charge in [0.15, 0.2) is 5.82 Å². The molecule has 3 heterocycles. The average Bonchev–Trinajstić information content (AvgIpc) is 3.30. The first kappa shape index (κ1) is 19.8. The van der Waals surface area contributed by atoms with Gasteiger partial charge in [-0.15, -0.1) is 5.10 Å².